The smallest absolute Gasteiger partial charge is 0.339 e. The largest absolute Gasteiger partial charge is 0.492 e. The molecule has 1 fully saturated rings. The van der Waals surface area contributed by atoms with E-state index in [2.05, 4.69) is 10.1 Å². The number of hydrogen-bond acceptors (Lipinski definition) is 6. The molecule has 0 aliphatic carbocycles. The van der Waals surface area contributed by atoms with Gasteiger partial charge in [-0.15, -0.1) is 0 Å². The number of carbonyl (C=O) groups is 3. The highest BCUT2D eigenvalue weighted by molar-refractivity contribution is 6.53. The van der Waals surface area contributed by atoms with E-state index in [-0.39, 0.29) is 18.8 Å². The van der Waals surface area contributed by atoms with Gasteiger partial charge in [-0.05, 0) is 19.1 Å². The third-order valence-electron chi connectivity index (χ3n) is 3.48. The second-order valence-corrected chi connectivity index (χ2v) is 4.94. The molecule has 9 heteroatoms. The third kappa shape index (κ3) is 2.71. The molecular formula is C15H15N5O4. The monoisotopic (exact) mass is 329 g/mol. The number of aromatic nitrogens is 3. The number of nitrogens with zero attached hydrogens (tertiary/aromatic N) is 5. The zero-order chi connectivity index (χ0) is 17.1. The van der Waals surface area contributed by atoms with Gasteiger partial charge >= 0.3 is 17.8 Å². The Bertz CT molecular complexity index is 774. The summed E-state index contributed by atoms with van der Waals surface area (Å²) in [6.45, 7) is 2.45. The van der Waals surface area contributed by atoms with E-state index in [0.717, 1.165) is 9.80 Å². The molecule has 1 aliphatic heterocycles. The van der Waals surface area contributed by atoms with Crippen molar-refractivity contribution in [3.05, 3.63) is 36.9 Å². The molecule has 9 nitrogen and oxygen atoms in total. The lowest BCUT2D eigenvalue weighted by molar-refractivity contribution is -0.139. The van der Waals surface area contributed by atoms with Gasteiger partial charge in [-0.25, -0.2) is 14.7 Å². The van der Waals surface area contributed by atoms with Crippen molar-refractivity contribution in [3.63, 3.8) is 0 Å². The van der Waals surface area contributed by atoms with Crippen molar-refractivity contribution in [2.24, 2.45) is 0 Å². The van der Waals surface area contributed by atoms with Crippen LogP contribution in [0.4, 0.5) is 10.5 Å². The van der Waals surface area contributed by atoms with Crippen LogP contribution in [0.15, 0.2) is 36.9 Å². The van der Waals surface area contributed by atoms with Crippen LogP contribution in [0.25, 0.3) is 0 Å². The number of para-hydroxylation sites is 2. The Labute approximate surface area is 137 Å². The number of hydrogen-bond donors (Lipinski definition) is 0. The molecule has 1 aliphatic rings. The quantitative estimate of drug-likeness (QED) is 0.571. The summed E-state index contributed by atoms with van der Waals surface area (Å²) in [5.41, 5.74) is 0.256. The SMILES string of the molecule is CCOc1ccccc1N1C(=O)C(=O)N(CCn2cncn2)C1=O. The van der Waals surface area contributed by atoms with Crippen molar-refractivity contribution < 1.29 is 19.1 Å². The predicted octanol–water partition coefficient (Wildman–Crippen LogP) is 0.672. The summed E-state index contributed by atoms with van der Waals surface area (Å²) in [7, 11) is 0. The van der Waals surface area contributed by atoms with Gasteiger partial charge in [0.05, 0.1) is 25.4 Å². The third-order valence-corrected chi connectivity index (χ3v) is 3.48. The highest BCUT2D eigenvalue weighted by Crippen LogP contribution is 2.31. The fourth-order valence-corrected chi connectivity index (χ4v) is 2.39. The molecule has 0 unspecified atom stereocenters. The molecule has 0 atom stereocenters. The summed E-state index contributed by atoms with van der Waals surface area (Å²) in [6.07, 6.45) is 2.82. The van der Waals surface area contributed by atoms with Crippen LogP contribution in [0.5, 0.6) is 5.75 Å². The van der Waals surface area contributed by atoms with Gasteiger partial charge in [0, 0.05) is 0 Å². The first-order valence-corrected chi connectivity index (χ1v) is 7.37. The molecule has 0 N–H and O–H groups in total. The maximum Gasteiger partial charge on any atom is 0.339 e. The van der Waals surface area contributed by atoms with Gasteiger partial charge in [-0.1, -0.05) is 12.1 Å². The standard InChI is InChI=1S/C15H15N5O4/c1-2-24-12-6-4-3-5-11(12)20-14(22)13(21)19(15(20)23)8-7-18-10-16-9-17-18/h3-6,9-10H,2,7-8H2,1H3. The molecule has 4 amide bonds. The number of rotatable bonds is 6. The van der Waals surface area contributed by atoms with Crippen LogP contribution >= 0.6 is 0 Å². The average Bonchev–Trinajstić information content (AvgIpc) is 3.16. The zero-order valence-electron chi connectivity index (χ0n) is 13.0. The van der Waals surface area contributed by atoms with Crippen LogP contribution in [-0.4, -0.2) is 50.7 Å². The molecule has 124 valence electrons. The summed E-state index contributed by atoms with van der Waals surface area (Å²) in [6, 6.07) is 5.90. The second-order valence-electron chi connectivity index (χ2n) is 4.94. The lowest BCUT2D eigenvalue weighted by Gasteiger charge is -2.18. The van der Waals surface area contributed by atoms with Crippen LogP contribution in [-0.2, 0) is 16.1 Å². The Kier molecular flexibility index (Phi) is 4.23. The first kappa shape index (κ1) is 15.7. The normalized spacial score (nSPS) is 14.6. The van der Waals surface area contributed by atoms with Crippen LogP contribution in [0.1, 0.15) is 6.92 Å². The summed E-state index contributed by atoms with van der Waals surface area (Å²) in [4.78, 5) is 42.5. The van der Waals surface area contributed by atoms with Gasteiger partial charge in [0.15, 0.2) is 0 Å². The Hall–Kier alpha value is -3.23. The van der Waals surface area contributed by atoms with E-state index in [4.69, 9.17) is 4.74 Å². The van der Waals surface area contributed by atoms with Crippen molar-refractivity contribution in [2.75, 3.05) is 18.1 Å². The van der Waals surface area contributed by atoms with Crippen molar-refractivity contribution in [1.82, 2.24) is 19.7 Å². The molecule has 0 saturated carbocycles. The van der Waals surface area contributed by atoms with E-state index >= 15 is 0 Å². The highest BCUT2D eigenvalue weighted by Gasteiger charge is 2.46. The molecule has 0 radical (unpaired) electrons. The summed E-state index contributed by atoms with van der Waals surface area (Å²) in [5, 5.41) is 3.90. The van der Waals surface area contributed by atoms with Crippen molar-refractivity contribution in [1.29, 1.82) is 0 Å². The minimum atomic E-state index is -0.897. The molecule has 2 heterocycles. The zero-order valence-corrected chi connectivity index (χ0v) is 13.0. The number of anilines is 1. The first-order chi connectivity index (χ1) is 11.6. The predicted molar refractivity (Wildman–Crippen MR) is 82.2 cm³/mol. The molecule has 24 heavy (non-hydrogen) atoms. The van der Waals surface area contributed by atoms with Gasteiger partial charge in [-0.2, -0.15) is 5.10 Å². The van der Waals surface area contributed by atoms with Gasteiger partial charge in [0.2, 0.25) is 0 Å². The van der Waals surface area contributed by atoms with Crippen LogP contribution in [0.3, 0.4) is 0 Å². The summed E-state index contributed by atoms with van der Waals surface area (Å²) >= 11 is 0. The van der Waals surface area contributed by atoms with Crippen molar-refractivity contribution in [3.8, 4) is 5.75 Å². The molecule has 0 spiro atoms. The van der Waals surface area contributed by atoms with Crippen molar-refractivity contribution in [2.45, 2.75) is 13.5 Å². The Morgan fingerprint density at radius 1 is 1.08 bits per heavy atom. The lowest BCUT2D eigenvalue weighted by atomic mass is 10.2. The van der Waals surface area contributed by atoms with Gasteiger partial charge < -0.3 is 4.74 Å². The average molecular weight is 329 g/mol. The fraction of sp³-hybridized carbons (Fsp3) is 0.267. The maximum absolute atomic E-state index is 12.6. The number of benzene rings is 1. The van der Waals surface area contributed by atoms with E-state index in [1.165, 1.54) is 17.3 Å². The molecule has 2 aromatic rings. The molecule has 0 bridgehead atoms. The molecule has 1 saturated heterocycles. The number of urea groups is 1. The molecule has 1 aromatic carbocycles. The van der Waals surface area contributed by atoms with E-state index in [0.29, 0.717) is 12.4 Å². The second kappa shape index (κ2) is 6.49. The maximum atomic E-state index is 12.6. The molecular weight excluding hydrogens is 314 g/mol. The number of ether oxygens (including phenoxy) is 1. The van der Waals surface area contributed by atoms with E-state index in [1.807, 2.05) is 0 Å². The summed E-state index contributed by atoms with van der Waals surface area (Å²) in [5.74, 6) is -1.40. The Balaban J connectivity index is 1.84. The van der Waals surface area contributed by atoms with E-state index in [1.54, 1.807) is 31.2 Å². The fourth-order valence-electron chi connectivity index (χ4n) is 2.39. The van der Waals surface area contributed by atoms with Crippen LogP contribution in [0, 0.1) is 0 Å². The number of amides is 4. The minimum absolute atomic E-state index is 0.0278. The van der Waals surface area contributed by atoms with E-state index in [9.17, 15) is 14.4 Å². The highest BCUT2D eigenvalue weighted by atomic mass is 16.5. The lowest BCUT2D eigenvalue weighted by Crippen LogP contribution is -2.35. The van der Waals surface area contributed by atoms with Gasteiger partial charge in [0.25, 0.3) is 0 Å². The molecule has 3 rings (SSSR count). The summed E-state index contributed by atoms with van der Waals surface area (Å²) < 4.78 is 6.91. The topological polar surface area (TPSA) is 97.6 Å². The van der Waals surface area contributed by atoms with E-state index < -0.39 is 17.8 Å². The molecule has 1 aromatic heterocycles. The van der Waals surface area contributed by atoms with Gasteiger partial charge in [-0.3, -0.25) is 19.2 Å². The number of carbonyl (C=O) groups excluding carboxylic acids is 3. The van der Waals surface area contributed by atoms with Crippen molar-refractivity contribution >= 4 is 23.5 Å². The van der Waals surface area contributed by atoms with Crippen LogP contribution < -0.4 is 9.64 Å². The minimum Gasteiger partial charge on any atom is -0.492 e. The van der Waals surface area contributed by atoms with Crippen LogP contribution in [0.2, 0.25) is 0 Å². The first-order valence-electron chi connectivity index (χ1n) is 7.37. The Morgan fingerprint density at radius 2 is 1.88 bits per heavy atom. The van der Waals surface area contributed by atoms with Gasteiger partial charge in [0.1, 0.15) is 18.4 Å². The number of imide groups is 2. The Morgan fingerprint density at radius 3 is 2.58 bits per heavy atom.